The summed E-state index contributed by atoms with van der Waals surface area (Å²) in [6, 6.07) is 16.4. The lowest BCUT2D eigenvalue weighted by Crippen LogP contribution is -2.21. The Balaban J connectivity index is 1.48. The molecule has 0 unspecified atom stereocenters. The molecule has 44 heavy (non-hydrogen) atoms. The molecule has 3 aliphatic heterocycles. The van der Waals surface area contributed by atoms with Gasteiger partial charge in [0.1, 0.15) is 52.2 Å². The van der Waals surface area contributed by atoms with Gasteiger partial charge in [0.25, 0.3) is 0 Å². The summed E-state index contributed by atoms with van der Waals surface area (Å²) in [4.78, 5) is 4.41. The van der Waals surface area contributed by atoms with Crippen molar-refractivity contribution in [2.75, 3.05) is 36.5 Å². The van der Waals surface area contributed by atoms with Crippen LogP contribution >= 0.6 is 0 Å². The van der Waals surface area contributed by atoms with Crippen molar-refractivity contribution in [2.45, 2.75) is 34.6 Å². The Bertz CT molecular complexity index is 1780. The molecule has 2 aromatic carbocycles. The van der Waals surface area contributed by atoms with Gasteiger partial charge < -0.3 is 24.0 Å². The third kappa shape index (κ3) is 6.19. The Hall–Kier alpha value is -5.40. The molecular weight excluding hydrogens is 548 g/mol. The van der Waals surface area contributed by atoms with Crippen LogP contribution in [-0.2, 0) is 4.74 Å². The van der Waals surface area contributed by atoms with E-state index < -0.39 is 0 Å². The first kappa shape index (κ1) is 30.1. The van der Waals surface area contributed by atoms with E-state index in [1.165, 1.54) is 0 Å². The highest BCUT2D eigenvalue weighted by molar-refractivity contribution is 5.77. The molecule has 3 aliphatic rings. The topological polar surface area (TPSA) is 81.8 Å². The van der Waals surface area contributed by atoms with E-state index in [0.717, 1.165) is 64.8 Å². The number of hydrogen-bond donors (Lipinski definition) is 0. The van der Waals surface area contributed by atoms with E-state index in [-0.39, 0.29) is 5.57 Å². The van der Waals surface area contributed by atoms with Crippen LogP contribution in [0.4, 0.5) is 11.4 Å². The third-order valence-corrected chi connectivity index (χ3v) is 7.91. The summed E-state index contributed by atoms with van der Waals surface area (Å²) >= 11 is 0. The fourth-order valence-corrected chi connectivity index (χ4v) is 5.35. The van der Waals surface area contributed by atoms with Crippen LogP contribution < -0.4 is 19.3 Å². The van der Waals surface area contributed by atoms with Crippen LogP contribution in [0, 0.1) is 22.7 Å². The highest BCUT2D eigenvalue weighted by Crippen LogP contribution is 2.38. The summed E-state index contributed by atoms with van der Waals surface area (Å²) in [7, 11) is 2.04. The van der Waals surface area contributed by atoms with Gasteiger partial charge in [-0.05, 0) is 94.3 Å². The van der Waals surface area contributed by atoms with Gasteiger partial charge in [-0.25, -0.2) is 0 Å². The summed E-state index contributed by atoms with van der Waals surface area (Å²) < 4.78 is 18.9. The van der Waals surface area contributed by atoms with Gasteiger partial charge in [-0.1, -0.05) is 0 Å². The third-order valence-electron chi connectivity index (χ3n) is 7.91. The van der Waals surface area contributed by atoms with Crippen LogP contribution in [0.3, 0.4) is 0 Å². The first-order valence-corrected chi connectivity index (χ1v) is 14.8. The Labute approximate surface area is 259 Å². The lowest BCUT2D eigenvalue weighted by Gasteiger charge is -2.25. The number of hydrogen-bond acceptors (Lipinski definition) is 7. The molecule has 0 spiro atoms. The van der Waals surface area contributed by atoms with Gasteiger partial charge in [-0.2, -0.15) is 10.5 Å². The highest BCUT2D eigenvalue weighted by atomic mass is 16.5. The van der Waals surface area contributed by atoms with Gasteiger partial charge in [0.15, 0.2) is 0 Å². The lowest BCUT2D eigenvalue weighted by molar-refractivity contribution is 0.322. The SMILES string of the molecule is CCN(C)c1ccc2c(c1)O/C(=C\C1=CC(=C(C#N)C#N)C=C(C=C3C=C(C)c4ccc(N(CC)CC)cc4O3)O1)C=C2C. The second-order valence-electron chi connectivity index (χ2n) is 10.7. The van der Waals surface area contributed by atoms with Gasteiger partial charge in [0, 0.05) is 79.0 Å². The second-order valence-corrected chi connectivity index (χ2v) is 10.7. The van der Waals surface area contributed by atoms with Gasteiger partial charge in [-0.15, -0.1) is 0 Å². The number of fused-ring (bicyclic) bond motifs is 2. The molecule has 0 bridgehead atoms. The number of anilines is 2. The zero-order chi connectivity index (χ0) is 31.4. The molecule has 5 rings (SSSR count). The summed E-state index contributed by atoms with van der Waals surface area (Å²) in [5.41, 5.74) is 6.76. The molecule has 3 heterocycles. The number of rotatable bonds is 7. The smallest absolute Gasteiger partial charge is 0.137 e. The van der Waals surface area contributed by atoms with Crippen molar-refractivity contribution >= 4 is 22.5 Å². The maximum absolute atomic E-state index is 9.65. The normalized spacial score (nSPS) is 16.9. The van der Waals surface area contributed by atoms with Crippen LogP contribution in [0.15, 0.2) is 107 Å². The van der Waals surface area contributed by atoms with Crippen molar-refractivity contribution < 1.29 is 14.2 Å². The van der Waals surface area contributed by atoms with E-state index in [4.69, 9.17) is 14.2 Å². The molecule has 0 saturated carbocycles. The van der Waals surface area contributed by atoms with Gasteiger partial charge in [-0.3, -0.25) is 0 Å². The minimum atomic E-state index is -0.0144. The number of nitriles is 2. The first-order chi connectivity index (χ1) is 21.3. The van der Waals surface area contributed by atoms with Crippen molar-refractivity contribution in [2.24, 2.45) is 0 Å². The largest absolute Gasteiger partial charge is 0.457 e. The standard InChI is InChI=1S/C37H36N4O3/c1-7-40(6)28-10-12-34-24(4)14-30(43-36(34)18-28)20-32-16-26(27(22-38)23-39)17-33(42-32)21-31-15-25(5)35-13-11-29(19-37(35)44-31)41(8-2)9-3/h10-21H,7-9H2,1-6H3/b30-20-,31-21?. The molecule has 2 aromatic rings. The molecule has 7 nitrogen and oxygen atoms in total. The minimum Gasteiger partial charge on any atom is -0.457 e. The molecule has 0 atom stereocenters. The van der Waals surface area contributed by atoms with Crippen LogP contribution in [0.2, 0.25) is 0 Å². The lowest BCUT2D eigenvalue weighted by atomic mass is 10.0. The van der Waals surface area contributed by atoms with Crippen LogP contribution in [0.5, 0.6) is 11.5 Å². The zero-order valence-corrected chi connectivity index (χ0v) is 26.1. The van der Waals surface area contributed by atoms with Crippen LogP contribution in [0.1, 0.15) is 45.7 Å². The predicted octanol–water partition coefficient (Wildman–Crippen LogP) is 8.19. The molecule has 0 N–H and O–H groups in total. The molecule has 0 radical (unpaired) electrons. The van der Waals surface area contributed by atoms with E-state index in [1.54, 1.807) is 24.3 Å². The van der Waals surface area contributed by atoms with Crippen LogP contribution in [0.25, 0.3) is 11.1 Å². The number of ether oxygens (including phenoxy) is 3. The zero-order valence-electron chi connectivity index (χ0n) is 26.1. The van der Waals surface area contributed by atoms with Gasteiger partial charge in [0.05, 0.1) is 0 Å². The summed E-state index contributed by atoms with van der Waals surface area (Å²) in [6.45, 7) is 13.1. The Morgan fingerprint density at radius 1 is 0.705 bits per heavy atom. The Kier molecular flexibility index (Phi) is 8.78. The van der Waals surface area contributed by atoms with Crippen LogP contribution in [-0.4, -0.2) is 26.7 Å². The Morgan fingerprint density at radius 2 is 1.20 bits per heavy atom. The molecule has 222 valence electrons. The van der Waals surface area contributed by atoms with E-state index in [9.17, 15) is 10.5 Å². The number of nitrogens with zero attached hydrogens (tertiary/aromatic N) is 4. The fourth-order valence-electron chi connectivity index (χ4n) is 5.35. The summed E-state index contributed by atoms with van der Waals surface area (Å²) in [5.74, 6) is 3.57. The van der Waals surface area contributed by atoms with Crippen molar-refractivity contribution in [3.05, 3.63) is 118 Å². The van der Waals surface area contributed by atoms with E-state index in [1.807, 2.05) is 51.3 Å². The highest BCUT2D eigenvalue weighted by Gasteiger charge is 2.21. The van der Waals surface area contributed by atoms with Crippen molar-refractivity contribution in [3.8, 4) is 23.6 Å². The average molecular weight is 585 g/mol. The van der Waals surface area contributed by atoms with Crippen molar-refractivity contribution in [3.63, 3.8) is 0 Å². The summed E-state index contributed by atoms with van der Waals surface area (Å²) in [6.07, 6.45) is 10.8. The van der Waals surface area contributed by atoms with E-state index in [0.29, 0.717) is 28.6 Å². The molecule has 0 saturated heterocycles. The van der Waals surface area contributed by atoms with Gasteiger partial charge >= 0.3 is 0 Å². The molecule has 7 heteroatoms. The molecular formula is C37H36N4O3. The van der Waals surface area contributed by atoms with E-state index >= 15 is 0 Å². The van der Waals surface area contributed by atoms with Crippen molar-refractivity contribution in [1.82, 2.24) is 0 Å². The first-order valence-electron chi connectivity index (χ1n) is 14.8. The summed E-state index contributed by atoms with van der Waals surface area (Å²) in [5, 5.41) is 19.3. The monoisotopic (exact) mass is 584 g/mol. The fraction of sp³-hybridized carbons (Fsp3) is 0.243. The van der Waals surface area contributed by atoms with Crippen molar-refractivity contribution in [1.29, 1.82) is 10.5 Å². The minimum absolute atomic E-state index is 0.0144. The van der Waals surface area contributed by atoms with E-state index in [2.05, 4.69) is 60.9 Å². The molecule has 0 aliphatic carbocycles. The molecule has 0 fully saturated rings. The molecule has 0 aromatic heterocycles. The average Bonchev–Trinajstić information content (AvgIpc) is 3.01. The number of allylic oxidation sites excluding steroid dienone is 10. The maximum atomic E-state index is 9.65. The number of benzene rings is 2. The predicted molar refractivity (Wildman–Crippen MR) is 176 cm³/mol. The second kappa shape index (κ2) is 12.9. The quantitative estimate of drug-likeness (QED) is 0.304. The maximum Gasteiger partial charge on any atom is 0.137 e. The molecule has 0 amide bonds. The van der Waals surface area contributed by atoms with Gasteiger partial charge in [0.2, 0.25) is 0 Å². The Morgan fingerprint density at radius 3 is 1.68 bits per heavy atom.